The molecule has 0 unspecified atom stereocenters. The Morgan fingerprint density at radius 2 is 2.05 bits per heavy atom. The van der Waals surface area contributed by atoms with Crippen LogP contribution < -0.4 is 15.2 Å². The lowest BCUT2D eigenvalue weighted by molar-refractivity contribution is 0.323. The van der Waals surface area contributed by atoms with Gasteiger partial charge in [-0.15, -0.1) is 5.10 Å². The summed E-state index contributed by atoms with van der Waals surface area (Å²) in [6.45, 7) is 5.06. The van der Waals surface area contributed by atoms with Crippen molar-refractivity contribution in [2.75, 3.05) is 19.5 Å². The number of benzene rings is 1. The van der Waals surface area contributed by atoms with E-state index in [9.17, 15) is 0 Å². The van der Waals surface area contributed by atoms with Crippen LogP contribution in [0.5, 0.6) is 11.5 Å². The van der Waals surface area contributed by atoms with Crippen LogP contribution >= 0.6 is 11.8 Å². The van der Waals surface area contributed by atoms with Gasteiger partial charge in [0.2, 0.25) is 0 Å². The quantitative estimate of drug-likeness (QED) is 0.494. The van der Waals surface area contributed by atoms with Crippen molar-refractivity contribution in [2.24, 2.45) is 15.9 Å². The summed E-state index contributed by atoms with van der Waals surface area (Å²) >= 11 is 1.35. The second-order valence-corrected chi connectivity index (χ2v) is 4.28. The Bertz CT molecular complexity index is 461. The Morgan fingerprint density at radius 3 is 2.68 bits per heavy atom. The molecule has 0 saturated heterocycles. The highest BCUT2D eigenvalue weighted by atomic mass is 32.2. The summed E-state index contributed by atoms with van der Waals surface area (Å²) in [5.74, 6) is 1.49. The van der Waals surface area contributed by atoms with E-state index in [0.29, 0.717) is 18.4 Å². The zero-order chi connectivity index (χ0) is 14.1. The monoisotopic (exact) mass is 281 g/mol. The minimum Gasteiger partial charge on any atom is -0.494 e. The molecule has 19 heavy (non-hydrogen) atoms. The lowest BCUT2D eigenvalue weighted by Crippen LogP contribution is -2.04. The van der Waals surface area contributed by atoms with Crippen LogP contribution in [-0.4, -0.2) is 30.9 Å². The first-order valence-electron chi connectivity index (χ1n) is 6.01. The van der Waals surface area contributed by atoms with Gasteiger partial charge >= 0.3 is 0 Å². The van der Waals surface area contributed by atoms with Crippen molar-refractivity contribution < 1.29 is 9.47 Å². The molecular weight excluding hydrogens is 262 g/mol. The van der Waals surface area contributed by atoms with E-state index in [4.69, 9.17) is 15.2 Å². The standard InChI is InChI=1S/C13H19N3O2S/c1-4-17-11-7-6-10(12(8-11)18-5-2)9-15-16-13(14)19-3/h6-9H,4-5H2,1-3H3,(H2,14,16)/b15-9-. The number of rotatable bonds is 6. The number of amidine groups is 1. The fraction of sp³-hybridized carbons (Fsp3) is 0.385. The van der Waals surface area contributed by atoms with Crippen LogP contribution in [0.3, 0.4) is 0 Å². The van der Waals surface area contributed by atoms with Crippen molar-refractivity contribution in [1.82, 2.24) is 0 Å². The van der Waals surface area contributed by atoms with Crippen LogP contribution in [0.15, 0.2) is 28.4 Å². The molecule has 0 aliphatic carbocycles. The zero-order valence-corrected chi connectivity index (χ0v) is 12.2. The predicted octanol–water partition coefficient (Wildman–Crippen LogP) is 2.50. The Kier molecular flexibility index (Phi) is 6.81. The molecule has 0 bridgehead atoms. The van der Waals surface area contributed by atoms with Gasteiger partial charge in [-0.3, -0.25) is 0 Å². The molecule has 1 aromatic rings. The van der Waals surface area contributed by atoms with Crippen molar-refractivity contribution in [2.45, 2.75) is 13.8 Å². The van der Waals surface area contributed by atoms with Crippen LogP contribution in [0, 0.1) is 0 Å². The summed E-state index contributed by atoms with van der Waals surface area (Å²) in [6.07, 6.45) is 3.46. The van der Waals surface area contributed by atoms with Gasteiger partial charge < -0.3 is 15.2 Å². The van der Waals surface area contributed by atoms with Crippen LogP contribution in [-0.2, 0) is 0 Å². The van der Waals surface area contributed by atoms with Gasteiger partial charge in [0.25, 0.3) is 0 Å². The third-order valence-corrected chi connectivity index (χ3v) is 2.66. The van der Waals surface area contributed by atoms with E-state index >= 15 is 0 Å². The minimum atomic E-state index is 0.417. The normalized spacial score (nSPS) is 11.8. The first-order valence-corrected chi connectivity index (χ1v) is 7.23. The summed E-state index contributed by atoms with van der Waals surface area (Å²) in [5.41, 5.74) is 6.38. The molecule has 0 saturated carbocycles. The summed E-state index contributed by atoms with van der Waals surface area (Å²) in [7, 11) is 0. The van der Waals surface area contributed by atoms with E-state index < -0.39 is 0 Å². The number of nitrogens with two attached hydrogens (primary N) is 1. The van der Waals surface area contributed by atoms with Crippen molar-refractivity contribution in [3.05, 3.63) is 23.8 Å². The Hall–Kier alpha value is -1.69. The zero-order valence-electron chi connectivity index (χ0n) is 11.4. The van der Waals surface area contributed by atoms with Crippen molar-refractivity contribution in [3.63, 3.8) is 0 Å². The summed E-state index contributed by atoms with van der Waals surface area (Å²) < 4.78 is 11.0. The molecule has 0 heterocycles. The van der Waals surface area contributed by atoms with Crippen molar-refractivity contribution >= 4 is 23.1 Å². The van der Waals surface area contributed by atoms with Gasteiger partial charge in [0, 0.05) is 11.6 Å². The molecule has 6 heteroatoms. The average Bonchev–Trinajstić information content (AvgIpc) is 2.41. The van der Waals surface area contributed by atoms with E-state index in [2.05, 4.69) is 10.2 Å². The summed E-state index contributed by atoms with van der Waals surface area (Å²) in [4.78, 5) is 0. The molecule has 0 atom stereocenters. The molecule has 1 rings (SSSR count). The van der Waals surface area contributed by atoms with Crippen LogP contribution in [0.25, 0.3) is 0 Å². The maximum absolute atomic E-state index is 5.55. The highest BCUT2D eigenvalue weighted by Gasteiger charge is 2.03. The number of nitrogens with zero attached hydrogens (tertiary/aromatic N) is 2. The first-order chi connectivity index (χ1) is 9.21. The molecular formula is C13H19N3O2S. The molecule has 0 amide bonds. The molecule has 5 nitrogen and oxygen atoms in total. The molecule has 0 aliphatic rings. The van der Waals surface area contributed by atoms with E-state index in [1.54, 1.807) is 6.21 Å². The molecule has 0 fully saturated rings. The van der Waals surface area contributed by atoms with E-state index in [1.165, 1.54) is 11.8 Å². The highest BCUT2D eigenvalue weighted by Crippen LogP contribution is 2.24. The van der Waals surface area contributed by atoms with Gasteiger partial charge in [-0.05, 0) is 32.2 Å². The Balaban J connectivity index is 2.92. The highest BCUT2D eigenvalue weighted by molar-refractivity contribution is 8.13. The van der Waals surface area contributed by atoms with Gasteiger partial charge in [-0.1, -0.05) is 11.8 Å². The lowest BCUT2D eigenvalue weighted by Gasteiger charge is -2.09. The maximum Gasteiger partial charge on any atom is 0.180 e. The van der Waals surface area contributed by atoms with Gasteiger partial charge in [0.1, 0.15) is 11.5 Å². The summed E-state index contributed by atoms with van der Waals surface area (Å²) in [6, 6.07) is 5.59. The van der Waals surface area contributed by atoms with E-state index in [-0.39, 0.29) is 0 Å². The summed E-state index contributed by atoms with van der Waals surface area (Å²) in [5, 5.41) is 8.18. The van der Waals surface area contributed by atoms with Crippen molar-refractivity contribution in [1.29, 1.82) is 0 Å². The van der Waals surface area contributed by atoms with Gasteiger partial charge in [0.15, 0.2) is 5.17 Å². The molecule has 0 radical (unpaired) electrons. The third kappa shape index (κ3) is 5.21. The van der Waals surface area contributed by atoms with Gasteiger partial charge in [-0.2, -0.15) is 5.10 Å². The molecule has 104 valence electrons. The molecule has 2 N–H and O–H groups in total. The number of ether oxygens (including phenoxy) is 2. The molecule has 1 aromatic carbocycles. The fourth-order valence-corrected chi connectivity index (χ4v) is 1.48. The second-order valence-electron chi connectivity index (χ2n) is 3.45. The van der Waals surface area contributed by atoms with Gasteiger partial charge in [0.05, 0.1) is 19.4 Å². The Morgan fingerprint density at radius 1 is 1.32 bits per heavy atom. The number of hydrogen-bond acceptors (Lipinski definition) is 5. The minimum absolute atomic E-state index is 0.417. The maximum atomic E-state index is 5.55. The van der Waals surface area contributed by atoms with Crippen LogP contribution in [0.1, 0.15) is 19.4 Å². The topological polar surface area (TPSA) is 69.2 Å². The second kappa shape index (κ2) is 8.42. The van der Waals surface area contributed by atoms with Gasteiger partial charge in [-0.25, -0.2) is 0 Å². The van der Waals surface area contributed by atoms with Crippen molar-refractivity contribution in [3.8, 4) is 11.5 Å². The molecule has 0 aromatic heterocycles. The largest absolute Gasteiger partial charge is 0.494 e. The average molecular weight is 281 g/mol. The SMILES string of the molecule is CCOc1ccc(/C=N\N=C(/N)SC)c(OCC)c1. The van der Waals surface area contributed by atoms with Crippen LogP contribution in [0.2, 0.25) is 0 Å². The van der Waals surface area contributed by atoms with E-state index in [1.807, 2.05) is 38.3 Å². The first kappa shape index (κ1) is 15.4. The Labute approximate surface area is 117 Å². The number of hydrogen-bond donors (Lipinski definition) is 1. The smallest absolute Gasteiger partial charge is 0.180 e. The number of thioether (sulfide) groups is 1. The fourth-order valence-electron chi connectivity index (χ4n) is 1.35. The predicted molar refractivity (Wildman–Crippen MR) is 81.5 cm³/mol. The van der Waals surface area contributed by atoms with Crippen LogP contribution in [0.4, 0.5) is 0 Å². The molecule has 0 spiro atoms. The lowest BCUT2D eigenvalue weighted by atomic mass is 10.2. The molecule has 0 aliphatic heterocycles. The van der Waals surface area contributed by atoms with E-state index in [0.717, 1.165) is 17.1 Å². The third-order valence-electron chi connectivity index (χ3n) is 2.16.